The second-order valence-corrected chi connectivity index (χ2v) is 16.5. The Labute approximate surface area is 406 Å². The first-order valence-electron chi connectivity index (χ1n) is 18.0. The molecule has 1 aliphatic carbocycles. The van der Waals surface area contributed by atoms with Crippen molar-refractivity contribution in [1.29, 1.82) is 0 Å². The van der Waals surface area contributed by atoms with Gasteiger partial charge >= 0.3 is 65.1 Å². The number of carbonyl (C=O) groups is 4. The number of carboxylic acid groups (broad SMARTS) is 2. The number of nitrogens with one attached hydrogen (secondary N) is 2. The summed E-state index contributed by atoms with van der Waals surface area (Å²) in [5.74, 6) is -4.49. The number of aliphatic carboxylic acids is 1. The normalized spacial score (nSPS) is 18.4. The van der Waals surface area contributed by atoms with Crippen LogP contribution in [0.2, 0.25) is 0 Å². The molecule has 27 heteroatoms. The molecule has 1 aromatic carbocycles. The molecule has 0 unspecified atom stereocenters. The molecule has 8 rings (SSSR count). The number of rotatable bonds is 11. The summed E-state index contributed by atoms with van der Waals surface area (Å²) in [7, 11) is 2.66. The Morgan fingerprint density at radius 3 is 2.48 bits per heavy atom. The van der Waals surface area contributed by atoms with Gasteiger partial charge in [-0.15, -0.1) is 23.1 Å². The van der Waals surface area contributed by atoms with Crippen LogP contribution in [0, 0.1) is 5.82 Å². The molecule has 1 saturated carbocycles. The summed E-state index contributed by atoms with van der Waals surface area (Å²) in [6, 6.07) is 2.05. The van der Waals surface area contributed by atoms with Crippen LogP contribution in [0.3, 0.4) is 0 Å². The number of aromatic carboxylic acids is 1. The van der Waals surface area contributed by atoms with E-state index in [9.17, 15) is 48.2 Å². The summed E-state index contributed by atoms with van der Waals surface area (Å²) in [6.45, 7) is 2.96. The molecule has 6 heterocycles. The number of carbonyl (C=O) groups excluding carboxylic acids is 3. The summed E-state index contributed by atoms with van der Waals surface area (Å²) in [6.07, 6.45) is 3.29. The number of piperazine rings is 1. The maximum Gasteiger partial charge on any atom is 1.00 e. The van der Waals surface area contributed by atoms with Gasteiger partial charge < -0.3 is 60.3 Å². The number of aromatic nitrogens is 5. The molecule has 2 amide bonds. The van der Waals surface area contributed by atoms with Crippen molar-refractivity contribution in [2.45, 2.75) is 35.5 Å². The fraction of sp³-hybridized carbons (Fsp3) is 0.371. The largest absolute Gasteiger partial charge is 1.00 e. The Bertz CT molecular complexity index is 2680. The first-order chi connectivity index (χ1) is 28.7. The summed E-state index contributed by atoms with van der Waals surface area (Å²) < 4.78 is 17.5. The number of oxime groups is 1. The molecule has 3 aromatic heterocycles. The molecule has 4 aliphatic rings. The number of aryl methyl sites for hydroxylation is 1. The van der Waals surface area contributed by atoms with E-state index in [0.717, 1.165) is 58.6 Å². The van der Waals surface area contributed by atoms with Crippen LogP contribution in [0.1, 0.15) is 34.9 Å². The van der Waals surface area contributed by atoms with E-state index in [1.807, 2.05) is 9.47 Å². The van der Waals surface area contributed by atoms with Crippen LogP contribution in [-0.2, 0) is 26.3 Å². The monoisotopic (exact) mass is 929 g/mol. The predicted octanol–water partition coefficient (Wildman–Crippen LogP) is -7.73. The summed E-state index contributed by atoms with van der Waals surface area (Å²) in [4.78, 5) is 99.6. The molecule has 2 atom stereocenters. The first kappa shape index (κ1) is 49.0. The second kappa shape index (κ2) is 20.6. The van der Waals surface area contributed by atoms with Gasteiger partial charge in [0.2, 0.25) is 5.43 Å². The third-order valence-corrected chi connectivity index (χ3v) is 12.8. The molecule has 0 radical (unpaired) electrons. The Kier molecular flexibility index (Phi) is 16.3. The number of hydrogen-bond donors (Lipinski definition) is 4. The van der Waals surface area contributed by atoms with Crippen molar-refractivity contribution in [3.63, 3.8) is 0 Å². The van der Waals surface area contributed by atoms with Crippen LogP contribution in [0.4, 0.5) is 15.2 Å². The van der Waals surface area contributed by atoms with Gasteiger partial charge in [0.05, 0.1) is 22.9 Å². The Morgan fingerprint density at radius 2 is 1.87 bits per heavy atom. The molecular formula is C35H34FN11Na2O10S3. The third-order valence-electron chi connectivity index (χ3n) is 9.69. The van der Waals surface area contributed by atoms with Crippen molar-refractivity contribution in [3.05, 3.63) is 83.0 Å². The SMILES string of the molecule is CO/N=C(/C(=O)N[C@@H]1C(=O)N2C(C(=O)[O-])=C(CSc3nc(=O)c(=O)[n-]n3C)CS[C@H]12)c1csc(N)n1.O=C(O)c1cn(C2CC2)c2cc(N3CCNCC3)c(F)cc2c1=O.[Na+].[Na+]. The average molecular weight is 930 g/mol. The van der Waals surface area contributed by atoms with Gasteiger partial charge in [-0.2, -0.15) is 4.98 Å². The molecule has 4 aromatic rings. The quantitative estimate of drug-likeness (QED) is 0.0271. The maximum atomic E-state index is 14.6. The molecule has 5 N–H and O–H groups in total. The van der Waals surface area contributed by atoms with E-state index < -0.39 is 57.5 Å². The number of carboxylic acids is 2. The minimum Gasteiger partial charge on any atom is -0.554 e. The van der Waals surface area contributed by atoms with Gasteiger partial charge in [-0.25, -0.2) is 14.2 Å². The van der Waals surface area contributed by atoms with Gasteiger partial charge in [0.1, 0.15) is 35.6 Å². The van der Waals surface area contributed by atoms with Crippen LogP contribution >= 0.6 is 34.9 Å². The van der Waals surface area contributed by atoms with E-state index >= 15 is 0 Å². The molecule has 316 valence electrons. The Morgan fingerprint density at radius 1 is 1.16 bits per heavy atom. The number of amides is 2. The number of halogens is 1. The smallest absolute Gasteiger partial charge is 0.554 e. The fourth-order valence-electron chi connectivity index (χ4n) is 6.70. The summed E-state index contributed by atoms with van der Waals surface area (Å²) >= 11 is 3.31. The van der Waals surface area contributed by atoms with Gasteiger partial charge in [-0.3, -0.25) is 24.1 Å². The number of fused-ring (bicyclic) bond motifs is 2. The zero-order chi connectivity index (χ0) is 43.0. The number of thiazole rings is 1. The van der Waals surface area contributed by atoms with Gasteiger partial charge in [0.15, 0.2) is 21.6 Å². The number of hydrogen-bond acceptors (Lipinski definition) is 18. The van der Waals surface area contributed by atoms with Crippen molar-refractivity contribution in [2.75, 3.05) is 55.4 Å². The van der Waals surface area contributed by atoms with Crippen LogP contribution in [0.15, 0.2) is 59.7 Å². The number of nitrogens with zero attached hydrogens (tertiary/aromatic N) is 8. The van der Waals surface area contributed by atoms with E-state index in [-0.39, 0.29) is 115 Å². The number of benzene rings is 1. The van der Waals surface area contributed by atoms with Gasteiger partial charge in [0.25, 0.3) is 17.4 Å². The van der Waals surface area contributed by atoms with Crippen LogP contribution in [0.5, 0.6) is 0 Å². The van der Waals surface area contributed by atoms with Gasteiger partial charge in [-0.05, 0) is 37.6 Å². The zero-order valence-electron chi connectivity index (χ0n) is 33.6. The molecule has 2 saturated heterocycles. The number of pyridine rings is 1. The predicted molar refractivity (Wildman–Crippen MR) is 215 cm³/mol. The number of thioether (sulfide) groups is 2. The maximum absolute atomic E-state index is 14.6. The topological polar surface area (TPSA) is 291 Å². The van der Waals surface area contributed by atoms with Crippen molar-refractivity contribution >= 4 is 86.0 Å². The van der Waals surface area contributed by atoms with E-state index in [0.29, 0.717) is 29.9 Å². The third kappa shape index (κ3) is 10.2. The molecule has 0 bridgehead atoms. The average Bonchev–Trinajstić information content (AvgIpc) is 3.98. The Hall–Kier alpha value is -4.05. The summed E-state index contributed by atoms with van der Waals surface area (Å²) in [5.41, 5.74) is 3.72. The molecule has 62 heavy (non-hydrogen) atoms. The van der Waals surface area contributed by atoms with Crippen LogP contribution < -0.4 is 107 Å². The minimum absolute atomic E-state index is 0. The van der Waals surface area contributed by atoms with Crippen molar-refractivity contribution in [2.24, 2.45) is 12.2 Å². The van der Waals surface area contributed by atoms with Crippen molar-refractivity contribution in [1.82, 2.24) is 39.8 Å². The van der Waals surface area contributed by atoms with Crippen LogP contribution in [0.25, 0.3) is 10.9 Å². The van der Waals surface area contributed by atoms with Crippen molar-refractivity contribution in [3.8, 4) is 0 Å². The number of nitrogens with two attached hydrogens (primary N) is 1. The summed E-state index contributed by atoms with van der Waals surface area (Å²) in [5, 5.41) is 35.4. The van der Waals surface area contributed by atoms with Crippen molar-refractivity contribution < 1.29 is 97.7 Å². The van der Waals surface area contributed by atoms with E-state index in [1.165, 1.54) is 43.6 Å². The molecule has 0 spiro atoms. The van der Waals surface area contributed by atoms with E-state index in [1.54, 1.807) is 6.07 Å². The number of nitrogen functional groups attached to an aromatic ring is 1. The molecule has 21 nitrogen and oxygen atoms in total. The Balaban J connectivity index is 0.000000243. The zero-order valence-corrected chi connectivity index (χ0v) is 40.0. The molecule has 3 aliphatic heterocycles. The minimum atomic E-state index is -1.57. The number of anilines is 2. The fourth-order valence-corrected chi connectivity index (χ4v) is 9.64. The molecule has 3 fully saturated rings. The van der Waals surface area contributed by atoms with E-state index in [4.69, 9.17) is 10.6 Å². The van der Waals surface area contributed by atoms with Gasteiger partial charge in [0, 0.05) is 60.7 Å². The standard InChI is InChI=1S/C18H18N8O7S3.C17H18FN3O3.2Na/c1-25-18(22-12(28)13(29)23-25)36-4-6-3-34-15-9(14(30)26(15)10(6)16(31)32)21-11(27)8(24-33-2)7-5-35-17(19)20-7;18-13-7-11-14(8-15(13)20-5-3-19-4-6-20)21(10-1-2-10)9-12(16(11)22)17(23)24;;/h5,9,15H,3-4H2,1-2H3,(H5,19,20,21,23,27,29,31,32);7-10,19H,1-6H2,(H,23,24);;/q;;2*+1/p-2/b24-8+;;;/t9-,15-;;;/m1.../s1. The van der Waals surface area contributed by atoms with Gasteiger partial charge in [-0.1, -0.05) is 16.9 Å². The molecular weight excluding hydrogens is 896 g/mol. The second-order valence-electron chi connectivity index (χ2n) is 13.6. The number of β-lactam (4-membered cyclic amide) rings is 1. The first-order valence-corrected chi connectivity index (χ1v) is 20.9. The van der Waals surface area contributed by atoms with E-state index in [2.05, 4.69) is 30.9 Å². The van der Waals surface area contributed by atoms with Crippen LogP contribution in [-0.4, -0.2) is 115 Å².